The first-order chi connectivity index (χ1) is 14.0. The van der Waals surface area contributed by atoms with Gasteiger partial charge in [0.2, 0.25) is 0 Å². The van der Waals surface area contributed by atoms with E-state index in [1.165, 1.54) is 12.2 Å². The van der Waals surface area contributed by atoms with Gasteiger partial charge in [-0.1, -0.05) is 18.2 Å². The Kier molecular flexibility index (Phi) is 5.12. The van der Waals surface area contributed by atoms with E-state index < -0.39 is 5.41 Å². The largest absolute Gasteiger partial charge is 0.494 e. The van der Waals surface area contributed by atoms with Crippen LogP contribution in [0.15, 0.2) is 54.4 Å². The van der Waals surface area contributed by atoms with Crippen molar-refractivity contribution in [1.82, 2.24) is 0 Å². The molecular formula is C23H18FNO2S2. The molecule has 0 spiro atoms. The van der Waals surface area contributed by atoms with E-state index in [1.54, 1.807) is 42.8 Å². The standard InChI is InChI=1S/C23H18FNO2S2/c1-14(26)23(9-7-17(24)8-10-23)12-20-21(27-2)22-19(28-20)11-18(29-22)16-5-3-15(13-25)4-6-16/h3-9,11H,10,12H2,1-2H3. The monoisotopic (exact) mass is 423 g/mol. The third-order valence-corrected chi connectivity index (χ3v) is 7.72. The average molecular weight is 424 g/mol. The molecule has 0 aliphatic heterocycles. The highest BCUT2D eigenvalue weighted by atomic mass is 32.1. The molecule has 0 N–H and O–H groups in total. The number of hydrogen-bond donors (Lipinski definition) is 0. The van der Waals surface area contributed by atoms with Gasteiger partial charge >= 0.3 is 0 Å². The Bertz CT molecular complexity index is 1190. The molecule has 0 radical (unpaired) electrons. The first-order valence-electron chi connectivity index (χ1n) is 9.11. The summed E-state index contributed by atoms with van der Waals surface area (Å²) < 4.78 is 21.3. The van der Waals surface area contributed by atoms with Crippen LogP contribution in [-0.4, -0.2) is 12.9 Å². The van der Waals surface area contributed by atoms with E-state index in [4.69, 9.17) is 10.00 Å². The third-order valence-electron chi connectivity index (χ3n) is 5.29. The van der Waals surface area contributed by atoms with Crippen molar-refractivity contribution < 1.29 is 13.9 Å². The molecule has 146 valence electrons. The number of halogens is 1. The van der Waals surface area contributed by atoms with Crippen LogP contribution in [0.5, 0.6) is 5.75 Å². The highest BCUT2D eigenvalue weighted by Crippen LogP contribution is 2.48. The van der Waals surface area contributed by atoms with Crippen LogP contribution < -0.4 is 4.74 Å². The molecule has 0 saturated carbocycles. The molecule has 6 heteroatoms. The van der Waals surface area contributed by atoms with E-state index in [1.807, 2.05) is 24.3 Å². The summed E-state index contributed by atoms with van der Waals surface area (Å²) >= 11 is 3.25. The van der Waals surface area contributed by atoms with E-state index in [9.17, 15) is 9.18 Å². The van der Waals surface area contributed by atoms with Gasteiger partial charge in [0.1, 0.15) is 11.6 Å². The predicted octanol–water partition coefficient (Wildman–Crippen LogP) is 6.44. The number of ketones is 1. The van der Waals surface area contributed by atoms with Gasteiger partial charge in [0.05, 0.1) is 28.9 Å². The molecule has 1 aromatic carbocycles. The summed E-state index contributed by atoms with van der Waals surface area (Å²) in [6.07, 6.45) is 5.41. The van der Waals surface area contributed by atoms with E-state index in [-0.39, 0.29) is 11.6 Å². The number of nitrogens with zero attached hydrogens (tertiary/aromatic N) is 1. The highest BCUT2D eigenvalue weighted by Gasteiger charge is 2.36. The number of fused-ring (bicyclic) bond motifs is 1. The van der Waals surface area contributed by atoms with Crippen LogP contribution in [0.25, 0.3) is 19.8 Å². The number of nitriles is 1. The molecular weight excluding hydrogens is 405 g/mol. The second kappa shape index (κ2) is 7.58. The summed E-state index contributed by atoms with van der Waals surface area (Å²) in [5, 5.41) is 8.97. The molecule has 3 aromatic rings. The van der Waals surface area contributed by atoms with Crippen LogP contribution in [0.2, 0.25) is 0 Å². The van der Waals surface area contributed by atoms with Crippen LogP contribution >= 0.6 is 22.7 Å². The molecule has 0 bridgehead atoms. The molecule has 1 unspecified atom stereocenters. The average Bonchev–Trinajstić information content (AvgIpc) is 3.27. The molecule has 0 fully saturated rings. The van der Waals surface area contributed by atoms with Gasteiger partial charge in [-0.25, -0.2) is 4.39 Å². The second-order valence-corrected chi connectivity index (χ2v) is 9.26. The van der Waals surface area contributed by atoms with Crippen molar-refractivity contribution >= 4 is 37.9 Å². The summed E-state index contributed by atoms with van der Waals surface area (Å²) in [6.45, 7) is 1.56. The van der Waals surface area contributed by atoms with Gasteiger partial charge in [-0.3, -0.25) is 4.79 Å². The highest BCUT2D eigenvalue weighted by molar-refractivity contribution is 7.30. The summed E-state index contributed by atoms with van der Waals surface area (Å²) in [4.78, 5) is 14.5. The molecule has 4 rings (SSSR count). The lowest BCUT2D eigenvalue weighted by atomic mass is 9.75. The van der Waals surface area contributed by atoms with Crippen molar-refractivity contribution in [3.05, 3.63) is 64.8 Å². The van der Waals surface area contributed by atoms with Crippen molar-refractivity contribution in [2.45, 2.75) is 19.8 Å². The summed E-state index contributed by atoms with van der Waals surface area (Å²) in [6, 6.07) is 11.8. The predicted molar refractivity (Wildman–Crippen MR) is 116 cm³/mol. The number of hydrogen-bond acceptors (Lipinski definition) is 5. The van der Waals surface area contributed by atoms with E-state index >= 15 is 0 Å². The van der Waals surface area contributed by atoms with Crippen molar-refractivity contribution in [2.75, 3.05) is 7.11 Å². The van der Waals surface area contributed by atoms with Gasteiger partial charge in [0.15, 0.2) is 5.75 Å². The Labute approximate surface area is 176 Å². The smallest absolute Gasteiger partial charge is 0.150 e. The lowest BCUT2D eigenvalue weighted by Gasteiger charge is -2.28. The topological polar surface area (TPSA) is 50.1 Å². The Morgan fingerprint density at radius 1 is 1.31 bits per heavy atom. The maximum absolute atomic E-state index is 13.5. The minimum atomic E-state index is -0.730. The minimum absolute atomic E-state index is 0.0228. The lowest BCUT2D eigenvalue weighted by Crippen LogP contribution is -2.30. The minimum Gasteiger partial charge on any atom is -0.494 e. The van der Waals surface area contributed by atoms with Crippen LogP contribution in [-0.2, 0) is 11.2 Å². The molecule has 3 nitrogen and oxygen atoms in total. The van der Waals surface area contributed by atoms with E-state index in [2.05, 4.69) is 12.1 Å². The fourth-order valence-electron chi connectivity index (χ4n) is 3.55. The van der Waals surface area contributed by atoms with Gasteiger partial charge in [-0.2, -0.15) is 5.26 Å². The van der Waals surface area contributed by atoms with Crippen molar-refractivity contribution in [3.63, 3.8) is 0 Å². The molecule has 1 aliphatic carbocycles. The fraction of sp³-hybridized carbons (Fsp3) is 0.217. The van der Waals surface area contributed by atoms with Gasteiger partial charge in [-0.15, -0.1) is 22.7 Å². The fourth-order valence-corrected chi connectivity index (χ4v) is 6.28. The Morgan fingerprint density at radius 3 is 2.66 bits per heavy atom. The maximum Gasteiger partial charge on any atom is 0.150 e. The van der Waals surface area contributed by atoms with Crippen LogP contribution in [0.1, 0.15) is 23.8 Å². The summed E-state index contributed by atoms with van der Waals surface area (Å²) in [5.74, 6) is 0.515. The van der Waals surface area contributed by atoms with Crippen molar-refractivity contribution in [3.8, 4) is 22.3 Å². The van der Waals surface area contributed by atoms with Crippen LogP contribution in [0.3, 0.4) is 0 Å². The van der Waals surface area contributed by atoms with Crippen molar-refractivity contribution in [1.29, 1.82) is 5.26 Å². The van der Waals surface area contributed by atoms with Gasteiger partial charge in [0, 0.05) is 20.9 Å². The molecule has 0 saturated heterocycles. The second-order valence-electron chi connectivity index (χ2n) is 7.07. The Hall–Kier alpha value is -2.75. The maximum atomic E-state index is 13.5. The molecule has 2 heterocycles. The third kappa shape index (κ3) is 3.52. The van der Waals surface area contributed by atoms with E-state index in [0.717, 1.165) is 30.5 Å². The van der Waals surface area contributed by atoms with Gasteiger partial charge in [-0.05, 0) is 49.3 Å². The molecule has 0 amide bonds. The zero-order valence-corrected chi connectivity index (χ0v) is 17.6. The number of methoxy groups -OCH3 is 1. The number of thiophene rings is 2. The normalized spacial score (nSPS) is 18.5. The molecule has 2 aromatic heterocycles. The number of benzene rings is 1. The zero-order chi connectivity index (χ0) is 20.6. The van der Waals surface area contributed by atoms with Crippen LogP contribution in [0, 0.1) is 16.7 Å². The SMILES string of the molecule is COc1c(CC2(C(C)=O)C=CC(F)=CC2)sc2cc(-c3ccc(C#N)cc3)sc12. The van der Waals surface area contributed by atoms with Crippen LogP contribution in [0.4, 0.5) is 4.39 Å². The summed E-state index contributed by atoms with van der Waals surface area (Å²) in [5.41, 5.74) is 0.954. The quantitative estimate of drug-likeness (QED) is 0.474. The van der Waals surface area contributed by atoms with E-state index in [0.29, 0.717) is 18.4 Å². The first-order valence-corrected chi connectivity index (χ1v) is 10.7. The van der Waals surface area contributed by atoms with Crippen molar-refractivity contribution in [2.24, 2.45) is 5.41 Å². The number of allylic oxidation sites excluding steroid dienone is 4. The van der Waals surface area contributed by atoms with Gasteiger partial charge < -0.3 is 4.74 Å². The summed E-state index contributed by atoms with van der Waals surface area (Å²) in [7, 11) is 1.64. The number of carbonyl (C=O) groups excluding carboxylic acids is 1. The lowest BCUT2D eigenvalue weighted by molar-refractivity contribution is -0.124. The first kappa shape index (κ1) is 19.6. The number of Topliss-reactive ketones (excluding diaryl/α,β-unsaturated/α-hetero) is 1. The molecule has 1 aliphatic rings. The number of rotatable bonds is 5. The Morgan fingerprint density at radius 2 is 2.07 bits per heavy atom. The molecule has 29 heavy (non-hydrogen) atoms. The van der Waals surface area contributed by atoms with Gasteiger partial charge in [0.25, 0.3) is 0 Å². The molecule has 1 atom stereocenters. The Balaban J connectivity index is 1.71. The number of carbonyl (C=O) groups is 1. The number of ether oxygens (including phenoxy) is 1. The zero-order valence-electron chi connectivity index (χ0n) is 16.0.